The van der Waals surface area contributed by atoms with E-state index in [0.717, 1.165) is 25.2 Å². The van der Waals surface area contributed by atoms with E-state index in [1.165, 1.54) is 12.0 Å². The number of ether oxygens (including phenoxy) is 2. The lowest BCUT2D eigenvalue weighted by molar-refractivity contribution is -0.151. The van der Waals surface area contributed by atoms with E-state index in [9.17, 15) is 14.4 Å². The minimum Gasteiger partial charge on any atom is -0.467 e. The summed E-state index contributed by atoms with van der Waals surface area (Å²) < 4.78 is 10.2. The van der Waals surface area contributed by atoms with Crippen molar-refractivity contribution in [1.82, 2.24) is 10.2 Å². The molecule has 2 amide bonds. The van der Waals surface area contributed by atoms with Crippen molar-refractivity contribution >= 4 is 23.5 Å². The normalized spacial score (nSPS) is 20.2. The van der Waals surface area contributed by atoms with E-state index in [1.807, 2.05) is 26.0 Å². The molecule has 2 fully saturated rings. The van der Waals surface area contributed by atoms with Crippen LogP contribution in [0.5, 0.6) is 0 Å². The van der Waals surface area contributed by atoms with Crippen molar-refractivity contribution in [3.8, 4) is 0 Å². The summed E-state index contributed by atoms with van der Waals surface area (Å²) in [4.78, 5) is 41.7. The number of carbonyl (C=O) groups excluding carboxylic acids is 3. The Labute approximate surface area is 177 Å². The Kier molecular flexibility index (Phi) is 7.31. The van der Waals surface area contributed by atoms with Gasteiger partial charge in [-0.2, -0.15) is 0 Å². The van der Waals surface area contributed by atoms with Crippen molar-refractivity contribution in [2.75, 3.05) is 44.9 Å². The summed E-state index contributed by atoms with van der Waals surface area (Å²) in [5, 5.41) is 2.87. The molecule has 0 radical (unpaired) electrons. The molecule has 0 bridgehead atoms. The van der Waals surface area contributed by atoms with Crippen LogP contribution < -0.4 is 10.2 Å². The van der Waals surface area contributed by atoms with Crippen molar-refractivity contribution in [1.29, 1.82) is 0 Å². The summed E-state index contributed by atoms with van der Waals surface area (Å²) in [5.41, 5.74) is 1.54. The third-order valence-corrected chi connectivity index (χ3v) is 5.73. The highest BCUT2D eigenvalue weighted by atomic mass is 16.5. The molecule has 2 atom stereocenters. The lowest BCUT2D eigenvalue weighted by atomic mass is 10.0. The second kappa shape index (κ2) is 9.93. The number of hydrogen-bond donors (Lipinski definition) is 1. The lowest BCUT2D eigenvalue weighted by Gasteiger charge is -2.30. The minimum atomic E-state index is -0.707. The first-order chi connectivity index (χ1) is 14.4. The van der Waals surface area contributed by atoms with Gasteiger partial charge in [0, 0.05) is 30.9 Å². The summed E-state index contributed by atoms with van der Waals surface area (Å²) >= 11 is 0. The average Bonchev–Trinajstić information content (AvgIpc) is 3.27. The number of amides is 2. The molecule has 1 unspecified atom stereocenters. The number of nitrogens with zero attached hydrogens (tertiary/aromatic N) is 2. The van der Waals surface area contributed by atoms with Gasteiger partial charge in [-0.1, -0.05) is 13.8 Å². The highest BCUT2D eigenvalue weighted by molar-refractivity contribution is 5.98. The van der Waals surface area contributed by atoms with E-state index in [1.54, 1.807) is 12.1 Å². The number of anilines is 1. The van der Waals surface area contributed by atoms with E-state index in [4.69, 9.17) is 9.47 Å². The van der Waals surface area contributed by atoms with Crippen molar-refractivity contribution in [2.45, 2.75) is 38.8 Å². The monoisotopic (exact) mass is 417 g/mol. The van der Waals surface area contributed by atoms with Crippen molar-refractivity contribution in [3.05, 3.63) is 29.8 Å². The number of carbonyl (C=O) groups is 3. The van der Waals surface area contributed by atoms with Gasteiger partial charge in [0.25, 0.3) is 5.91 Å². The van der Waals surface area contributed by atoms with Gasteiger partial charge in [-0.15, -0.1) is 0 Å². The molecular weight excluding hydrogens is 386 g/mol. The first kappa shape index (κ1) is 22.1. The van der Waals surface area contributed by atoms with Gasteiger partial charge >= 0.3 is 5.97 Å². The maximum atomic E-state index is 13.1. The largest absolute Gasteiger partial charge is 0.467 e. The summed E-state index contributed by atoms with van der Waals surface area (Å²) in [7, 11) is 1.32. The van der Waals surface area contributed by atoms with Gasteiger partial charge in [0.15, 0.2) is 0 Å². The van der Waals surface area contributed by atoms with E-state index >= 15 is 0 Å². The first-order valence-corrected chi connectivity index (χ1v) is 10.5. The lowest BCUT2D eigenvalue weighted by Crippen LogP contribution is -2.53. The highest BCUT2D eigenvalue weighted by Crippen LogP contribution is 2.22. The second-order valence-corrected chi connectivity index (χ2v) is 8.05. The fourth-order valence-corrected chi connectivity index (χ4v) is 3.97. The highest BCUT2D eigenvalue weighted by Gasteiger charge is 2.39. The minimum absolute atomic E-state index is 0.118. The number of rotatable bonds is 6. The van der Waals surface area contributed by atoms with Gasteiger partial charge in [0.1, 0.15) is 12.1 Å². The zero-order valence-corrected chi connectivity index (χ0v) is 17.9. The molecule has 3 rings (SSSR count). The van der Waals surface area contributed by atoms with Gasteiger partial charge in [0.2, 0.25) is 5.91 Å². The Hall–Kier alpha value is -2.61. The summed E-state index contributed by atoms with van der Waals surface area (Å²) in [6.07, 6.45) is 1.33. The van der Waals surface area contributed by atoms with E-state index in [0.29, 0.717) is 31.7 Å². The molecule has 2 aliphatic rings. The van der Waals surface area contributed by atoms with Crippen molar-refractivity contribution in [3.63, 3.8) is 0 Å². The number of hydrogen-bond acceptors (Lipinski definition) is 6. The summed E-state index contributed by atoms with van der Waals surface area (Å²) in [6.45, 7) is 7.30. The Morgan fingerprint density at radius 1 is 1.10 bits per heavy atom. The van der Waals surface area contributed by atoms with Crippen LogP contribution >= 0.6 is 0 Å². The van der Waals surface area contributed by atoms with Crippen LogP contribution in [0.3, 0.4) is 0 Å². The summed E-state index contributed by atoms with van der Waals surface area (Å²) in [6, 6.07) is 6.10. The molecule has 1 aromatic rings. The van der Waals surface area contributed by atoms with Crippen LogP contribution in [0.4, 0.5) is 5.69 Å². The molecule has 2 aliphatic heterocycles. The molecule has 2 heterocycles. The number of methoxy groups -OCH3 is 1. The maximum Gasteiger partial charge on any atom is 0.328 e. The van der Waals surface area contributed by atoms with Crippen LogP contribution in [0.1, 0.15) is 37.0 Å². The Morgan fingerprint density at radius 2 is 1.77 bits per heavy atom. The predicted molar refractivity (Wildman–Crippen MR) is 112 cm³/mol. The van der Waals surface area contributed by atoms with Crippen LogP contribution in [-0.2, 0) is 19.1 Å². The molecule has 1 N–H and O–H groups in total. The molecule has 2 saturated heterocycles. The molecule has 1 aromatic carbocycles. The van der Waals surface area contributed by atoms with Crippen molar-refractivity contribution in [2.24, 2.45) is 5.92 Å². The fourth-order valence-electron chi connectivity index (χ4n) is 3.97. The average molecular weight is 418 g/mol. The van der Waals surface area contributed by atoms with E-state index in [-0.39, 0.29) is 17.7 Å². The van der Waals surface area contributed by atoms with Crippen LogP contribution in [0, 0.1) is 5.92 Å². The number of benzene rings is 1. The second-order valence-electron chi connectivity index (χ2n) is 8.05. The third-order valence-electron chi connectivity index (χ3n) is 5.73. The number of morpholine rings is 1. The molecule has 8 heteroatoms. The molecular formula is C22H31N3O5. The van der Waals surface area contributed by atoms with E-state index < -0.39 is 18.1 Å². The number of nitrogens with one attached hydrogen (secondary N) is 1. The predicted octanol–water partition coefficient (Wildman–Crippen LogP) is 1.44. The summed E-state index contributed by atoms with van der Waals surface area (Å²) in [5.74, 6) is -1.07. The maximum absolute atomic E-state index is 13.1. The number of likely N-dealkylation sites (tertiary alicyclic amines) is 1. The van der Waals surface area contributed by atoms with Crippen LogP contribution in [0.2, 0.25) is 0 Å². The number of esters is 1. The van der Waals surface area contributed by atoms with Crippen LogP contribution in [0.25, 0.3) is 0 Å². The molecule has 8 nitrogen and oxygen atoms in total. The Morgan fingerprint density at radius 3 is 2.37 bits per heavy atom. The molecule has 30 heavy (non-hydrogen) atoms. The first-order valence-electron chi connectivity index (χ1n) is 10.5. The quantitative estimate of drug-likeness (QED) is 0.705. The SMILES string of the molecule is COC(=O)[C@@H]1CCCN1C(=O)C(NC(=O)c1ccc(N2CCOCC2)cc1)C(C)C. The zero-order valence-electron chi connectivity index (χ0n) is 17.9. The standard InChI is InChI=1S/C22H31N3O5/c1-15(2)19(21(27)25-10-4-5-18(25)22(28)29-3)23-20(26)16-6-8-17(9-7-16)24-11-13-30-14-12-24/h6-9,15,18-19H,4-5,10-14H2,1-3H3,(H,23,26)/t18-,19?/m0/s1. The smallest absolute Gasteiger partial charge is 0.328 e. The molecule has 164 valence electrons. The van der Waals surface area contributed by atoms with Gasteiger partial charge in [-0.05, 0) is 43.0 Å². The molecule has 0 aromatic heterocycles. The van der Waals surface area contributed by atoms with Crippen molar-refractivity contribution < 1.29 is 23.9 Å². The topological polar surface area (TPSA) is 88.2 Å². The molecule has 0 spiro atoms. The van der Waals surface area contributed by atoms with Crippen LogP contribution in [0.15, 0.2) is 24.3 Å². The van der Waals surface area contributed by atoms with Gasteiger partial charge < -0.3 is 24.6 Å². The zero-order chi connectivity index (χ0) is 21.7. The van der Waals surface area contributed by atoms with E-state index in [2.05, 4.69) is 10.2 Å². The molecule has 0 saturated carbocycles. The Balaban J connectivity index is 1.67. The molecule has 0 aliphatic carbocycles. The van der Waals surface area contributed by atoms with Gasteiger partial charge in [0.05, 0.1) is 20.3 Å². The van der Waals surface area contributed by atoms with Gasteiger partial charge in [-0.25, -0.2) is 4.79 Å². The Bertz CT molecular complexity index is 759. The van der Waals surface area contributed by atoms with Crippen LogP contribution in [-0.4, -0.2) is 74.7 Å². The van der Waals surface area contributed by atoms with Gasteiger partial charge in [-0.3, -0.25) is 9.59 Å². The fraction of sp³-hybridized carbons (Fsp3) is 0.591. The third kappa shape index (κ3) is 4.92.